The van der Waals surface area contributed by atoms with E-state index in [1.807, 2.05) is 6.92 Å². The van der Waals surface area contributed by atoms with E-state index >= 15 is 0 Å². The molecule has 1 aromatic carbocycles. The smallest absolute Gasteiger partial charge is 0.405 e. The highest BCUT2D eigenvalue weighted by atomic mass is 19.4. The largest absolute Gasteiger partial charge is 0.573 e. The summed E-state index contributed by atoms with van der Waals surface area (Å²) in [6.45, 7) is 1.83. The summed E-state index contributed by atoms with van der Waals surface area (Å²) in [6, 6.07) is 5.74. The van der Waals surface area contributed by atoms with E-state index in [0.29, 0.717) is 0 Å². The zero-order valence-electron chi connectivity index (χ0n) is 11.7. The van der Waals surface area contributed by atoms with Crippen LogP contribution in [0.1, 0.15) is 12.5 Å². The standard InChI is InChI=1S/C15H16F3NO2/c1-3-4-5-10-14(20)19(2)11-12-8-6-7-9-13(12)21-15(16,17)18/h3-10H,11H2,1-2H3/b4-3+,10-5+. The summed E-state index contributed by atoms with van der Waals surface area (Å²) in [4.78, 5) is 13.1. The Kier molecular flexibility index (Phi) is 6.02. The fraction of sp³-hybridized carbons (Fsp3) is 0.267. The van der Waals surface area contributed by atoms with Gasteiger partial charge < -0.3 is 9.64 Å². The number of amides is 1. The number of ether oxygens (including phenoxy) is 1. The third-order valence-corrected chi connectivity index (χ3v) is 2.52. The molecule has 114 valence electrons. The first-order valence-electron chi connectivity index (χ1n) is 6.21. The van der Waals surface area contributed by atoms with Gasteiger partial charge in [0.2, 0.25) is 5.91 Å². The van der Waals surface area contributed by atoms with E-state index < -0.39 is 6.36 Å². The molecule has 3 nitrogen and oxygen atoms in total. The lowest BCUT2D eigenvalue weighted by molar-refractivity contribution is -0.274. The van der Waals surface area contributed by atoms with Crippen LogP contribution in [0.3, 0.4) is 0 Å². The van der Waals surface area contributed by atoms with Gasteiger partial charge in [0.1, 0.15) is 5.75 Å². The van der Waals surface area contributed by atoms with Gasteiger partial charge in [0.25, 0.3) is 0 Å². The van der Waals surface area contributed by atoms with Gasteiger partial charge in [0.05, 0.1) is 0 Å². The first-order chi connectivity index (χ1) is 9.83. The predicted molar refractivity (Wildman–Crippen MR) is 73.6 cm³/mol. The summed E-state index contributed by atoms with van der Waals surface area (Å²) in [5.74, 6) is -0.614. The van der Waals surface area contributed by atoms with Gasteiger partial charge in [-0.1, -0.05) is 36.4 Å². The van der Waals surface area contributed by atoms with Crippen LogP contribution in [-0.2, 0) is 11.3 Å². The third-order valence-electron chi connectivity index (χ3n) is 2.52. The molecular formula is C15H16F3NO2. The number of hydrogen-bond acceptors (Lipinski definition) is 2. The molecule has 0 fully saturated rings. The minimum atomic E-state index is -4.76. The summed E-state index contributed by atoms with van der Waals surface area (Å²) < 4.78 is 40.8. The number of carbonyl (C=O) groups excluding carboxylic acids is 1. The zero-order valence-corrected chi connectivity index (χ0v) is 11.7. The molecule has 1 aromatic rings. The molecule has 0 spiro atoms. The van der Waals surface area contributed by atoms with Crippen LogP contribution in [0, 0.1) is 0 Å². The Morgan fingerprint density at radius 1 is 1.29 bits per heavy atom. The number of allylic oxidation sites excluding steroid dienone is 3. The van der Waals surface area contributed by atoms with Crippen molar-refractivity contribution in [3.8, 4) is 5.75 Å². The molecular weight excluding hydrogens is 283 g/mol. The molecule has 0 N–H and O–H groups in total. The molecule has 6 heteroatoms. The van der Waals surface area contributed by atoms with Crippen LogP contribution >= 0.6 is 0 Å². The Balaban J connectivity index is 2.80. The van der Waals surface area contributed by atoms with E-state index in [4.69, 9.17) is 0 Å². The lowest BCUT2D eigenvalue weighted by Gasteiger charge is -2.18. The normalized spacial score (nSPS) is 12.0. The predicted octanol–water partition coefficient (Wildman–Crippen LogP) is 3.68. The second kappa shape index (κ2) is 7.52. The van der Waals surface area contributed by atoms with Gasteiger partial charge in [0.15, 0.2) is 0 Å². The quantitative estimate of drug-likeness (QED) is 0.613. The fourth-order valence-electron chi connectivity index (χ4n) is 1.57. The highest BCUT2D eigenvalue weighted by Gasteiger charge is 2.32. The molecule has 0 unspecified atom stereocenters. The highest BCUT2D eigenvalue weighted by Crippen LogP contribution is 2.26. The monoisotopic (exact) mass is 299 g/mol. The summed E-state index contributed by atoms with van der Waals surface area (Å²) in [5, 5.41) is 0. The molecule has 0 saturated carbocycles. The molecule has 0 aliphatic rings. The van der Waals surface area contributed by atoms with Crippen molar-refractivity contribution in [2.24, 2.45) is 0 Å². The summed E-state index contributed by atoms with van der Waals surface area (Å²) in [7, 11) is 1.51. The molecule has 1 amide bonds. The molecule has 21 heavy (non-hydrogen) atoms. The summed E-state index contributed by atoms with van der Waals surface area (Å²) >= 11 is 0. The third kappa shape index (κ3) is 6.16. The lowest BCUT2D eigenvalue weighted by atomic mass is 10.2. The molecule has 1 rings (SSSR count). The Morgan fingerprint density at radius 2 is 1.95 bits per heavy atom. The summed E-state index contributed by atoms with van der Waals surface area (Å²) in [6.07, 6.45) is 1.59. The van der Waals surface area contributed by atoms with Crippen LogP contribution in [0.15, 0.2) is 48.6 Å². The number of para-hydroxylation sites is 1. The molecule has 0 radical (unpaired) electrons. The maximum Gasteiger partial charge on any atom is 0.573 e. The lowest BCUT2D eigenvalue weighted by Crippen LogP contribution is -2.25. The van der Waals surface area contributed by atoms with Gasteiger partial charge >= 0.3 is 6.36 Å². The van der Waals surface area contributed by atoms with Crippen LogP contribution < -0.4 is 4.74 Å². The second-order valence-corrected chi connectivity index (χ2v) is 4.23. The Bertz CT molecular complexity index is 536. The molecule has 0 bridgehead atoms. The van der Waals surface area contributed by atoms with Gasteiger partial charge in [-0.3, -0.25) is 4.79 Å². The topological polar surface area (TPSA) is 29.5 Å². The average Bonchev–Trinajstić information content (AvgIpc) is 2.39. The number of carbonyl (C=O) groups is 1. The van der Waals surface area contributed by atoms with Crippen LogP contribution in [0.2, 0.25) is 0 Å². The number of likely N-dealkylation sites (N-methyl/N-ethyl adjacent to an activating group) is 1. The Morgan fingerprint density at radius 3 is 2.57 bits per heavy atom. The van der Waals surface area contributed by atoms with Gasteiger partial charge in [-0.2, -0.15) is 0 Å². The number of halogens is 3. The number of alkyl halides is 3. The zero-order chi connectivity index (χ0) is 15.9. The van der Waals surface area contributed by atoms with Crippen molar-refractivity contribution in [3.05, 3.63) is 54.1 Å². The molecule has 0 atom stereocenters. The maximum absolute atomic E-state index is 12.3. The van der Waals surface area contributed by atoms with Gasteiger partial charge in [-0.25, -0.2) is 0 Å². The first-order valence-corrected chi connectivity index (χ1v) is 6.21. The van der Waals surface area contributed by atoms with Crippen LogP contribution in [0.4, 0.5) is 13.2 Å². The van der Waals surface area contributed by atoms with Crippen LogP contribution in [0.25, 0.3) is 0 Å². The van der Waals surface area contributed by atoms with E-state index in [1.54, 1.807) is 24.3 Å². The number of hydrogen-bond donors (Lipinski definition) is 0. The van der Waals surface area contributed by atoms with Crippen LogP contribution in [-0.4, -0.2) is 24.2 Å². The molecule has 0 heterocycles. The first kappa shape index (κ1) is 16.8. The van der Waals surface area contributed by atoms with Crippen molar-refractivity contribution in [2.45, 2.75) is 19.8 Å². The Labute approximate surface area is 121 Å². The Hall–Kier alpha value is -2.24. The molecule has 0 aliphatic carbocycles. The van der Waals surface area contributed by atoms with E-state index in [2.05, 4.69) is 4.74 Å². The number of rotatable bonds is 5. The second-order valence-electron chi connectivity index (χ2n) is 4.23. The fourth-order valence-corrected chi connectivity index (χ4v) is 1.57. The van der Waals surface area contributed by atoms with Crippen molar-refractivity contribution in [3.63, 3.8) is 0 Å². The van der Waals surface area contributed by atoms with E-state index in [9.17, 15) is 18.0 Å². The van der Waals surface area contributed by atoms with Gasteiger partial charge in [-0.05, 0) is 13.0 Å². The van der Waals surface area contributed by atoms with Crippen molar-refractivity contribution in [1.29, 1.82) is 0 Å². The van der Waals surface area contributed by atoms with Gasteiger partial charge in [-0.15, -0.1) is 13.2 Å². The molecule has 0 saturated heterocycles. The minimum Gasteiger partial charge on any atom is -0.405 e. The van der Waals surface area contributed by atoms with E-state index in [1.165, 1.54) is 36.2 Å². The average molecular weight is 299 g/mol. The summed E-state index contributed by atoms with van der Waals surface area (Å²) in [5.41, 5.74) is 0.283. The maximum atomic E-state index is 12.3. The number of benzene rings is 1. The minimum absolute atomic E-state index is 0.0191. The van der Waals surface area contributed by atoms with Crippen molar-refractivity contribution in [2.75, 3.05) is 7.05 Å². The van der Waals surface area contributed by atoms with Gasteiger partial charge in [0, 0.05) is 25.2 Å². The molecule has 0 aliphatic heterocycles. The van der Waals surface area contributed by atoms with Crippen molar-refractivity contribution >= 4 is 5.91 Å². The van der Waals surface area contributed by atoms with E-state index in [-0.39, 0.29) is 23.8 Å². The number of nitrogens with zero attached hydrogens (tertiary/aromatic N) is 1. The SMILES string of the molecule is C/C=C/C=C/C(=O)N(C)Cc1ccccc1OC(F)(F)F. The van der Waals surface area contributed by atoms with Crippen molar-refractivity contribution in [1.82, 2.24) is 4.90 Å². The van der Waals surface area contributed by atoms with Crippen LogP contribution in [0.5, 0.6) is 5.75 Å². The highest BCUT2D eigenvalue weighted by molar-refractivity contribution is 5.87. The molecule has 0 aromatic heterocycles. The van der Waals surface area contributed by atoms with Crippen molar-refractivity contribution < 1.29 is 22.7 Å². The van der Waals surface area contributed by atoms with E-state index in [0.717, 1.165) is 0 Å².